The molecule has 1 aromatic carbocycles. The molecule has 3 nitrogen and oxygen atoms in total. The molecule has 3 atom stereocenters. The van der Waals surface area contributed by atoms with Crippen molar-refractivity contribution in [2.24, 2.45) is 5.92 Å². The van der Waals surface area contributed by atoms with E-state index in [0.717, 1.165) is 18.7 Å². The van der Waals surface area contributed by atoms with Gasteiger partial charge in [-0.3, -0.25) is 0 Å². The second kappa shape index (κ2) is 6.13. The number of rotatable bonds is 3. The van der Waals surface area contributed by atoms with Crippen LogP contribution >= 0.6 is 0 Å². The Morgan fingerprint density at radius 3 is 2.38 bits per heavy atom. The number of anilines is 1. The molecule has 0 saturated carbocycles. The number of hydrogen-bond donors (Lipinski definition) is 1. The van der Waals surface area contributed by atoms with Gasteiger partial charge in [-0.25, -0.2) is 0 Å². The third-order valence-electron chi connectivity index (χ3n) is 4.05. The molecule has 1 fully saturated rings. The van der Waals surface area contributed by atoms with E-state index in [4.69, 9.17) is 0 Å². The van der Waals surface area contributed by atoms with Crippen LogP contribution in [0.3, 0.4) is 0 Å². The van der Waals surface area contributed by atoms with E-state index in [1.807, 2.05) is 0 Å². The van der Waals surface area contributed by atoms with Gasteiger partial charge in [0.2, 0.25) is 0 Å². The van der Waals surface area contributed by atoms with Crippen LogP contribution in [0.15, 0.2) is 24.3 Å². The van der Waals surface area contributed by atoms with Gasteiger partial charge in [-0.2, -0.15) is 0 Å². The molecule has 0 spiro atoms. The minimum atomic E-state index is -4.65. The van der Waals surface area contributed by atoms with Crippen LogP contribution in [0, 0.1) is 5.92 Å². The van der Waals surface area contributed by atoms with Crippen molar-refractivity contribution in [1.82, 2.24) is 4.90 Å². The van der Waals surface area contributed by atoms with E-state index in [-0.39, 0.29) is 5.75 Å². The Morgan fingerprint density at radius 1 is 1.19 bits per heavy atom. The predicted molar refractivity (Wildman–Crippen MR) is 76.4 cm³/mol. The normalized spacial score (nSPS) is 27.4. The topological polar surface area (TPSA) is 24.5 Å². The summed E-state index contributed by atoms with van der Waals surface area (Å²) in [6.07, 6.45) is -3.63. The smallest absolute Gasteiger partial charge is 0.406 e. The molecule has 1 N–H and O–H groups in total. The Bertz CT molecular complexity index is 461. The van der Waals surface area contributed by atoms with Gasteiger partial charge in [0, 0.05) is 24.3 Å². The van der Waals surface area contributed by atoms with Crippen molar-refractivity contribution in [2.45, 2.75) is 38.7 Å². The molecule has 2 rings (SSSR count). The van der Waals surface area contributed by atoms with E-state index in [1.165, 1.54) is 12.1 Å². The fraction of sp³-hybridized carbons (Fsp3) is 0.600. The average molecular weight is 302 g/mol. The number of piperidine rings is 1. The summed E-state index contributed by atoms with van der Waals surface area (Å²) in [5.74, 6) is 0.287. The predicted octanol–water partition coefficient (Wildman–Crippen LogP) is 3.73. The lowest BCUT2D eigenvalue weighted by Crippen LogP contribution is -2.48. The fourth-order valence-corrected chi connectivity index (χ4v) is 2.71. The highest BCUT2D eigenvalue weighted by Crippen LogP contribution is 2.27. The van der Waals surface area contributed by atoms with Crippen LogP contribution in [0.25, 0.3) is 0 Å². The zero-order valence-corrected chi connectivity index (χ0v) is 12.4. The first-order chi connectivity index (χ1) is 9.74. The average Bonchev–Trinajstić information content (AvgIpc) is 2.36. The Kier molecular flexibility index (Phi) is 4.66. The molecular weight excluding hydrogens is 281 g/mol. The van der Waals surface area contributed by atoms with Gasteiger partial charge >= 0.3 is 6.36 Å². The SMILES string of the molecule is CC1CN(C)C(C)CC1Nc1ccc(OC(F)(F)F)cc1. The zero-order chi connectivity index (χ0) is 15.6. The summed E-state index contributed by atoms with van der Waals surface area (Å²) in [5.41, 5.74) is 0.818. The van der Waals surface area contributed by atoms with Gasteiger partial charge in [-0.15, -0.1) is 13.2 Å². The molecule has 1 aromatic rings. The fourth-order valence-electron chi connectivity index (χ4n) is 2.71. The minimum absolute atomic E-state index is 0.196. The molecule has 1 aliphatic heterocycles. The summed E-state index contributed by atoms with van der Waals surface area (Å²) in [6, 6.07) is 6.72. The molecule has 6 heteroatoms. The number of hydrogen-bond acceptors (Lipinski definition) is 3. The Hall–Kier alpha value is -1.43. The van der Waals surface area contributed by atoms with Crippen molar-refractivity contribution < 1.29 is 17.9 Å². The van der Waals surface area contributed by atoms with E-state index >= 15 is 0 Å². The monoisotopic (exact) mass is 302 g/mol. The zero-order valence-electron chi connectivity index (χ0n) is 12.4. The van der Waals surface area contributed by atoms with Gasteiger partial charge in [0.05, 0.1) is 0 Å². The Balaban J connectivity index is 1.97. The van der Waals surface area contributed by atoms with Crippen molar-refractivity contribution in [3.63, 3.8) is 0 Å². The number of ether oxygens (including phenoxy) is 1. The summed E-state index contributed by atoms with van der Waals surface area (Å²) in [6.45, 7) is 5.37. The third kappa shape index (κ3) is 4.52. The standard InChI is InChI=1S/C15H21F3N2O/c1-10-9-20(3)11(2)8-14(10)19-12-4-6-13(7-5-12)21-15(16,17)18/h4-7,10-11,14,19H,8-9H2,1-3H3. The highest BCUT2D eigenvalue weighted by molar-refractivity contribution is 5.47. The van der Waals surface area contributed by atoms with Gasteiger partial charge in [0.15, 0.2) is 0 Å². The summed E-state index contributed by atoms with van der Waals surface area (Å²) in [5, 5.41) is 3.41. The number of alkyl halides is 3. The van der Waals surface area contributed by atoms with Crippen molar-refractivity contribution in [2.75, 3.05) is 18.9 Å². The van der Waals surface area contributed by atoms with Gasteiger partial charge in [0.25, 0.3) is 0 Å². The van der Waals surface area contributed by atoms with E-state index in [0.29, 0.717) is 18.0 Å². The molecule has 3 unspecified atom stereocenters. The largest absolute Gasteiger partial charge is 0.573 e. The lowest BCUT2D eigenvalue weighted by molar-refractivity contribution is -0.274. The van der Waals surface area contributed by atoms with Crippen molar-refractivity contribution in [3.8, 4) is 5.75 Å². The summed E-state index contributed by atoms with van der Waals surface area (Å²) < 4.78 is 40.2. The van der Waals surface area contributed by atoms with Crippen molar-refractivity contribution >= 4 is 5.69 Å². The molecule has 0 bridgehead atoms. The van der Waals surface area contributed by atoms with Crippen LogP contribution in [-0.2, 0) is 0 Å². The highest BCUT2D eigenvalue weighted by atomic mass is 19.4. The summed E-state index contributed by atoms with van der Waals surface area (Å²) >= 11 is 0. The maximum Gasteiger partial charge on any atom is 0.573 e. The second-order valence-electron chi connectivity index (χ2n) is 5.82. The van der Waals surface area contributed by atoms with Gasteiger partial charge in [-0.05, 0) is 50.6 Å². The molecular formula is C15H21F3N2O. The van der Waals surface area contributed by atoms with Gasteiger partial charge < -0.3 is 15.0 Å². The quantitative estimate of drug-likeness (QED) is 0.921. The third-order valence-corrected chi connectivity index (χ3v) is 4.05. The maximum atomic E-state index is 12.1. The lowest BCUT2D eigenvalue weighted by atomic mass is 9.89. The number of benzene rings is 1. The number of nitrogens with zero attached hydrogens (tertiary/aromatic N) is 1. The van der Waals surface area contributed by atoms with Crippen LogP contribution < -0.4 is 10.1 Å². The molecule has 0 aromatic heterocycles. The van der Waals surface area contributed by atoms with Crippen LogP contribution in [0.4, 0.5) is 18.9 Å². The first-order valence-corrected chi connectivity index (χ1v) is 7.07. The van der Waals surface area contributed by atoms with Crippen LogP contribution in [-0.4, -0.2) is 36.9 Å². The molecule has 1 heterocycles. The molecule has 0 radical (unpaired) electrons. The molecule has 1 aliphatic rings. The molecule has 0 aliphatic carbocycles. The van der Waals surface area contributed by atoms with Crippen LogP contribution in [0.5, 0.6) is 5.75 Å². The first kappa shape index (κ1) is 15.9. The minimum Gasteiger partial charge on any atom is -0.406 e. The molecule has 21 heavy (non-hydrogen) atoms. The van der Waals surface area contributed by atoms with Crippen molar-refractivity contribution in [1.29, 1.82) is 0 Å². The van der Waals surface area contributed by atoms with E-state index in [9.17, 15) is 13.2 Å². The maximum absolute atomic E-state index is 12.1. The Labute approximate surface area is 123 Å². The number of halogens is 3. The molecule has 118 valence electrons. The number of nitrogens with one attached hydrogen (secondary N) is 1. The van der Waals surface area contributed by atoms with E-state index in [1.54, 1.807) is 12.1 Å². The lowest BCUT2D eigenvalue weighted by Gasteiger charge is -2.40. The van der Waals surface area contributed by atoms with E-state index in [2.05, 4.69) is 35.8 Å². The second-order valence-corrected chi connectivity index (χ2v) is 5.82. The molecule has 0 amide bonds. The van der Waals surface area contributed by atoms with Gasteiger partial charge in [0.1, 0.15) is 5.75 Å². The van der Waals surface area contributed by atoms with Crippen LogP contribution in [0.1, 0.15) is 20.3 Å². The Morgan fingerprint density at radius 2 is 1.81 bits per heavy atom. The van der Waals surface area contributed by atoms with E-state index < -0.39 is 6.36 Å². The summed E-state index contributed by atoms with van der Waals surface area (Å²) in [7, 11) is 2.11. The van der Waals surface area contributed by atoms with Crippen LogP contribution in [0.2, 0.25) is 0 Å². The van der Waals surface area contributed by atoms with Crippen molar-refractivity contribution in [3.05, 3.63) is 24.3 Å². The first-order valence-electron chi connectivity index (χ1n) is 7.07. The van der Waals surface area contributed by atoms with Gasteiger partial charge in [-0.1, -0.05) is 6.92 Å². The highest BCUT2D eigenvalue weighted by Gasteiger charge is 2.31. The summed E-state index contributed by atoms with van der Waals surface area (Å²) in [4.78, 5) is 2.32. The molecule has 1 saturated heterocycles. The number of likely N-dealkylation sites (tertiary alicyclic amines) is 1.